The molecule has 2 amide bonds. The Balaban J connectivity index is 1.71. The molecule has 10 nitrogen and oxygen atoms in total. The summed E-state index contributed by atoms with van der Waals surface area (Å²) in [5.41, 5.74) is 3.58. The van der Waals surface area contributed by atoms with E-state index in [0.717, 1.165) is 5.56 Å². The fourth-order valence-corrected chi connectivity index (χ4v) is 3.61. The molecule has 182 valence electrons. The van der Waals surface area contributed by atoms with Gasteiger partial charge in [-0.25, -0.2) is 14.6 Å². The summed E-state index contributed by atoms with van der Waals surface area (Å²) in [6.45, 7) is -0.496. The molecular formula is C26H22N4O6. The Hall–Kier alpha value is -5.12. The number of rotatable bonds is 7. The minimum absolute atomic E-state index is 0.108. The van der Waals surface area contributed by atoms with E-state index in [1.54, 1.807) is 42.5 Å². The van der Waals surface area contributed by atoms with E-state index in [-0.39, 0.29) is 5.88 Å². The van der Waals surface area contributed by atoms with Crippen LogP contribution in [-0.4, -0.2) is 52.5 Å². The average molecular weight is 486 g/mol. The second kappa shape index (κ2) is 10.4. The number of H-pyrrole nitrogens is 1. The largest absolute Gasteiger partial charge is 0.494 e. The van der Waals surface area contributed by atoms with E-state index < -0.39 is 24.5 Å². The number of ether oxygens (including phenoxy) is 1. The average Bonchev–Trinajstić information content (AvgIpc) is 3.21. The summed E-state index contributed by atoms with van der Waals surface area (Å²) in [5, 5.41) is 24.9. The lowest BCUT2D eigenvalue weighted by Crippen LogP contribution is -2.33. The molecule has 0 aliphatic carbocycles. The van der Waals surface area contributed by atoms with Crippen molar-refractivity contribution < 1.29 is 29.3 Å². The Bertz CT molecular complexity index is 1460. The van der Waals surface area contributed by atoms with Gasteiger partial charge in [0.15, 0.2) is 5.88 Å². The van der Waals surface area contributed by atoms with Crippen molar-refractivity contribution in [1.29, 1.82) is 0 Å². The number of aromatic amines is 1. The molecule has 0 aliphatic rings. The van der Waals surface area contributed by atoms with Gasteiger partial charge in [-0.05, 0) is 36.4 Å². The lowest BCUT2D eigenvalue weighted by Gasteiger charge is -2.09. The molecule has 0 radical (unpaired) electrons. The maximum atomic E-state index is 11.9. The van der Waals surface area contributed by atoms with Crippen molar-refractivity contribution in [2.45, 2.75) is 0 Å². The van der Waals surface area contributed by atoms with Crippen LogP contribution in [0.1, 0.15) is 21.5 Å². The maximum absolute atomic E-state index is 11.9. The molecule has 0 aliphatic heterocycles. The fourth-order valence-electron chi connectivity index (χ4n) is 3.61. The number of carbonyl (C=O) groups is 3. The third kappa shape index (κ3) is 5.33. The van der Waals surface area contributed by atoms with Crippen LogP contribution in [-0.2, 0) is 9.53 Å². The second-order valence-electron chi connectivity index (χ2n) is 7.68. The molecule has 0 saturated heterocycles. The quantitative estimate of drug-likeness (QED) is 0.196. The fraction of sp³-hybridized carbons (Fsp3) is 0.0769. The molecule has 1 heterocycles. The molecule has 4 rings (SSSR count). The normalized spacial score (nSPS) is 11.2. The number of anilines is 1. The van der Waals surface area contributed by atoms with E-state index in [1.165, 1.54) is 7.11 Å². The molecule has 36 heavy (non-hydrogen) atoms. The number of amides is 2. The molecule has 5 N–H and O–H groups in total. The summed E-state index contributed by atoms with van der Waals surface area (Å²) < 4.78 is 4.78. The van der Waals surface area contributed by atoms with Gasteiger partial charge in [0.1, 0.15) is 6.54 Å². The topological polar surface area (TPSA) is 153 Å². The van der Waals surface area contributed by atoms with Gasteiger partial charge in [-0.15, -0.1) is 0 Å². The SMILES string of the molecule is COC(=O)c1ccc2c(C(=Nc3ccc(NC(=O)NCC(=O)O)cc3)c3ccccc3)c(O)[nH]c2c1. The van der Waals surface area contributed by atoms with Crippen molar-refractivity contribution in [2.75, 3.05) is 19.0 Å². The van der Waals surface area contributed by atoms with Gasteiger partial charge in [0.2, 0.25) is 0 Å². The van der Waals surface area contributed by atoms with Crippen molar-refractivity contribution in [3.05, 3.63) is 89.5 Å². The highest BCUT2D eigenvalue weighted by Crippen LogP contribution is 2.32. The van der Waals surface area contributed by atoms with Gasteiger partial charge in [-0.1, -0.05) is 36.4 Å². The molecule has 0 unspecified atom stereocenters. The first kappa shape index (κ1) is 24.0. The van der Waals surface area contributed by atoms with Gasteiger partial charge < -0.3 is 30.6 Å². The first-order valence-corrected chi connectivity index (χ1v) is 10.8. The van der Waals surface area contributed by atoms with Gasteiger partial charge in [-0.2, -0.15) is 0 Å². The van der Waals surface area contributed by atoms with Crippen LogP contribution in [0.25, 0.3) is 10.9 Å². The summed E-state index contributed by atoms with van der Waals surface area (Å²) in [4.78, 5) is 42.0. The molecule has 3 aromatic carbocycles. The number of nitrogens with one attached hydrogen (secondary N) is 3. The van der Waals surface area contributed by atoms with E-state index in [1.807, 2.05) is 30.3 Å². The summed E-state index contributed by atoms with van der Waals surface area (Å²) in [7, 11) is 1.30. The van der Waals surface area contributed by atoms with Gasteiger partial charge >= 0.3 is 18.0 Å². The van der Waals surface area contributed by atoms with Crippen LogP contribution in [0.2, 0.25) is 0 Å². The highest BCUT2D eigenvalue weighted by molar-refractivity contribution is 6.22. The Kier molecular flexibility index (Phi) is 6.96. The Morgan fingerprint density at radius 3 is 2.36 bits per heavy atom. The van der Waals surface area contributed by atoms with Crippen LogP contribution in [0, 0.1) is 0 Å². The summed E-state index contributed by atoms with van der Waals surface area (Å²) >= 11 is 0. The first-order valence-electron chi connectivity index (χ1n) is 10.8. The third-order valence-electron chi connectivity index (χ3n) is 5.25. The number of carboxylic acid groups (broad SMARTS) is 1. The number of carboxylic acids is 1. The summed E-state index contributed by atoms with van der Waals surface area (Å²) in [6, 6.07) is 20.2. The summed E-state index contributed by atoms with van der Waals surface area (Å²) in [6.07, 6.45) is 0. The minimum atomic E-state index is -1.15. The Morgan fingerprint density at radius 2 is 1.69 bits per heavy atom. The number of aliphatic carboxylic acids is 1. The van der Waals surface area contributed by atoms with E-state index >= 15 is 0 Å². The van der Waals surface area contributed by atoms with Gasteiger partial charge in [0.25, 0.3) is 0 Å². The van der Waals surface area contributed by atoms with E-state index in [9.17, 15) is 19.5 Å². The van der Waals surface area contributed by atoms with Crippen molar-refractivity contribution in [3.63, 3.8) is 0 Å². The molecule has 0 bridgehead atoms. The van der Waals surface area contributed by atoms with Crippen molar-refractivity contribution >= 4 is 46.0 Å². The Labute approximate surface area is 205 Å². The predicted molar refractivity (Wildman–Crippen MR) is 134 cm³/mol. The van der Waals surface area contributed by atoms with Crippen LogP contribution in [0.15, 0.2) is 77.8 Å². The lowest BCUT2D eigenvalue weighted by molar-refractivity contribution is -0.135. The number of fused-ring (bicyclic) bond motifs is 1. The molecule has 0 spiro atoms. The smallest absolute Gasteiger partial charge is 0.337 e. The molecule has 0 saturated carbocycles. The zero-order valence-electron chi connectivity index (χ0n) is 19.1. The zero-order chi connectivity index (χ0) is 25.7. The summed E-state index contributed by atoms with van der Waals surface area (Å²) in [5.74, 6) is -1.75. The number of carbonyl (C=O) groups excluding carboxylic acids is 2. The maximum Gasteiger partial charge on any atom is 0.337 e. The highest BCUT2D eigenvalue weighted by Gasteiger charge is 2.20. The van der Waals surface area contributed by atoms with Crippen LogP contribution < -0.4 is 10.6 Å². The number of aromatic nitrogens is 1. The number of urea groups is 1. The van der Waals surface area contributed by atoms with E-state index in [4.69, 9.17) is 14.8 Å². The van der Waals surface area contributed by atoms with Crippen LogP contribution >= 0.6 is 0 Å². The van der Waals surface area contributed by atoms with Gasteiger partial charge in [0.05, 0.1) is 29.6 Å². The van der Waals surface area contributed by atoms with Gasteiger partial charge in [-0.3, -0.25) is 4.79 Å². The molecule has 0 atom stereocenters. The number of aliphatic imine (C=N–C) groups is 1. The Morgan fingerprint density at radius 1 is 0.972 bits per heavy atom. The van der Waals surface area contributed by atoms with Crippen LogP contribution in [0.5, 0.6) is 5.88 Å². The number of benzene rings is 3. The number of hydrogen-bond donors (Lipinski definition) is 5. The van der Waals surface area contributed by atoms with E-state index in [0.29, 0.717) is 39.1 Å². The highest BCUT2D eigenvalue weighted by atomic mass is 16.5. The van der Waals surface area contributed by atoms with Crippen molar-refractivity contribution in [1.82, 2.24) is 10.3 Å². The molecule has 1 aromatic heterocycles. The monoisotopic (exact) mass is 486 g/mol. The minimum Gasteiger partial charge on any atom is -0.494 e. The number of aromatic hydroxyl groups is 1. The number of nitrogens with zero attached hydrogens (tertiary/aromatic N) is 1. The number of methoxy groups -OCH3 is 1. The van der Waals surface area contributed by atoms with E-state index in [2.05, 4.69) is 15.6 Å². The predicted octanol–water partition coefficient (Wildman–Crippen LogP) is 4.04. The zero-order valence-corrected chi connectivity index (χ0v) is 19.1. The third-order valence-corrected chi connectivity index (χ3v) is 5.25. The van der Waals surface area contributed by atoms with Crippen LogP contribution in [0.4, 0.5) is 16.2 Å². The lowest BCUT2D eigenvalue weighted by atomic mass is 10.00. The second-order valence-corrected chi connectivity index (χ2v) is 7.68. The molecule has 10 heteroatoms. The standard InChI is InChI=1S/C26H22N4O6/c1-36-25(34)16-7-12-19-20(13-16)30-24(33)22(19)23(15-5-3-2-4-6-15)28-17-8-10-18(11-9-17)29-26(35)27-14-21(31)32/h2-13,30,33H,14H2,1H3,(H,31,32)(H2,27,29,35). The first-order chi connectivity index (χ1) is 17.4. The van der Waals surface area contributed by atoms with Gasteiger partial charge in [0, 0.05) is 22.2 Å². The number of hydrogen-bond acceptors (Lipinski definition) is 6. The van der Waals surface area contributed by atoms with Crippen molar-refractivity contribution in [3.8, 4) is 5.88 Å². The van der Waals surface area contributed by atoms with Crippen molar-refractivity contribution in [2.24, 2.45) is 4.99 Å². The molecule has 4 aromatic rings. The van der Waals surface area contributed by atoms with Crippen LogP contribution in [0.3, 0.4) is 0 Å². The number of esters is 1. The molecule has 0 fully saturated rings. The molecular weight excluding hydrogens is 464 g/mol.